The van der Waals surface area contributed by atoms with E-state index in [0.717, 1.165) is 11.1 Å². The van der Waals surface area contributed by atoms with E-state index in [1.807, 2.05) is 6.07 Å². The molecule has 2 unspecified atom stereocenters. The third-order valence-electron chi connectivity index (χ3n) is 4.15. The Morgan fingerprint density at radius 1 is 1.33 bits per heavy atom. The lowest BCUT2D eigenvalue weighted by Gasteiger charge is -2.33. The molecule has 0 heterocycles. The van der Waals surface area contributed by atoms with Gasteiger partial charge in [-0.05, 0) is 42.4 Å². The van der Waals surface area contributed by atoms with Crippen LogP contribution in [0.1, 0.15) is 30.0 Å². The van der Waals surface area contributed by atoms with Gasteiger partial charge in [0.1, 0.15) is 5.54 Å². The predicted octanol–water partition coefficient (Wildman–Crippen LogP) is 0.495. The number of nitrogens with two attached hydrogens (primary N) is 1. The van der Waals surface area contributed by atoms with E-state index in [2.05, 4.69) is 0 Å². The fourth-order valence-electron chi connectivity index (χ4n) is 2.90. The fourth-order valence-corrected chi connectivity index (χ4v) is 2.90. The molecule has 2 rings (SSSR count). The smallest absolute Gasteiger partial charge is 0.328 e. The molecule has 6 nitrogen and oxygen atoms in total. The first-order valence-corrected chi connectivity index (χ1v) is 6.77. The molecule has 5 N–H and O–H groups in total. The Hall–Kier alpha value is -1.92. The van der Waals surface area contributed by atoms with Gasteiger partial charge in [-0.2, -0.15) is 0 Å². The van der Waals surface area contributed by atoms with Gasteiger partial charge in [0.15, 0.2) is 0 Å². The van der Waals surface area contributed by atoms with Gasteiger partial charge in [-0.25, -0.2) is 4.79 Å². The van der Waals surface area contributed by atoms with Crippen molar-refractivity contribution in [3.63, 3.8) is 0 Å². The molecule has 0 radical (unpaired) electrons. The lowest BCUT2D eigenvalue weighted by atomic mass is 9.75. The fraction of sp³-hybridized carbons (Fsp3) is 0.467. The van der Waals surface area contributed by atoms with Crippen LogP contribution in [0, 0.1) is 5.92 Å². The summed E-state index contributed by atoms with van der Waals surface area (Å²) in [5, 5.41) is 28.3. The molecule has 1 aliphatic rings. The number of aliphatic hydroxyl groups is 1. The van der Waals surface area contributed by atoms with Gasteiger partial charge in [0.25, 0.3) is 0 Å². The summed E-state index contributed by atoms with van der Waals surface area (Å²) in [6.45, 7) is 1.42. The van der Waals surface area contributed by atoms with Crippen LogP contribution in [0.5, 0.6) is 0 Å². The molecule has 0 saturated heterocycles. The Labute approximate surface area is 122 Å². The molecule has 0 saturated carbocycles. The lowest BCUT2D eigenvalue weighted by molar-refractivity contribution is -0.143. The molecule has 0 aliphatic heterocycles. The Balaban J connectivity index is 2.41. The van der Waals surface area contributed by atoms with Crippen LogP contribution in [0.4, 0.5) is 0 Å². The highest BCUT2D eigenvalue weighted by atomic mass is 16.4. The van der Waals surface area contributed by atoms with Crippen molar-refractivity contribution in [3.8, 4) is 0 Å². The highest BCUT2D eigenvalue weighted by Gasteiger charge is 2.37. The number of benzene rings is 1. The second-order valence-electron chi connectivity index (χ2n) is 5.78. The predicted molar refractivity (Wildman–Crippen MR) is 74.8 cm³/mol. The average Bonchev–Trinajstić information content (AvgIpc) is 2.38. The average molecular weight is 293 g/mol. The normalized spacial score (nSPS) is 24.0. The van der Waals surface area contributed by atoms with E-state index in [1.54, 1.807) is 12.1 Å². The van der Waals surface area contributed by atoms with Crippen molar-refractivity contribution in [1.29, 1.82) is 0 Å². The zero-order valence-corrected chi connectivity index (χ0v) is 11.7. The number of hydrogen-bond donors (Lipinski definition) is 4. The van der Waals surface area contributed by atoms with Crippen LogP contribution in [0.2, 0.25) is 0 Å². The molecular weight excluding hydrogens is 274 g/mol. The van der Waals surface area contributed by atoms with Gasteiger partial charge in [0.05, 0.1) is 12.5 Å². The van der Waals surface area contributed by atoms with Crippen LogP contribution in [-0.4, -0.2) is 33.4 Å². The summed E-state index contributed by atoms with van der Waals surface area (Å²) in [7, 11) is 0. The third kappa shape index (κ3) is 2.91. The molecule has 1 aromatic rings. The van der Waals surface area contributed by atoms with E-state index in [-0.39, 0.29) is 18.8 Å². The van der Waals surface area contributed by atoms with Crippen LogP contribution in [0.25, 0.3) is 0 Å². The van der Waals surface area contributed by atoms with Crippen LogP contribution < -0.4 is 5.73 Å². The highest BCUT2D eigenvalue weighted by Crippen LogP contribution is 2.34. The number of carbonyl (C=O) groups is 2. The molecule has 21 heavy (non-hydrogen) atoms. The molecule has 0 fully saturated rings. The molecule has 114 valence electrons. The van der Waals surface area contributed by atoms with Gasteiger partial charge in [-0.3, -0.25) is 4.79 Å². The molecule has 0 aromatic heterocycles. The minimum atomic E-state index is -1.54. The minimum Gasteiger partial charge on any atom is -0.481 e. The van der Waals surface area contributed by atoms with Crippen LogP contribution in [0.15, 0.2) is 18.2 Å². The van der Waals surface area contributed by atoms with Crippen molar-refractivity contribution >= 4 is 11.9 Å². The van der Waals surface area contributed by atoms with E-state index in [4.69, 9.17) is 10.8 Å². The SMILES string of the molecule is C[C@](N)(C(=O)O)c1cccc2c1CC(O)C(CC(=O)O)C2. The molecular formula is C15H19NO5. The molecule has 0 bridgehead atoms. The maximum Gasteiger partial charge on any atom is 0.328 e. The standard InChI is InChI=1S/C15H19NO5/c1-15(16,14(20)21)11-4-2-3-8-5-9(6-13(18)19)12(17)7-10(8)11/h2-4,9,12,17H,5-7,16H2,1H3,(H,18,19)(H,20,21)/t9?,12?,15-/m1/s1. The Kier molecular flexibility index (Phi) is 4.02. The second kappa shape index (κ2) is 5.46. The van der Waals surface area contributed by atoms with Crippen LogP contribution in [0.3, 0.4) is 0 Å². The first-order chi connectivity index (χ1) is 9.73. The summed E-state index contributed by atoms with van der Waals surface area (Å²) >= 11 is 0. The molecule has 1 aliphatic carbocycles. The number of hydrogen-bond acceptors (Lipinski definition) is 4. The van der Waals surface area contributed by atoms with E-state index >= 15 is 0 Å². The summed E-state index contributed by atoms with van der Waals surface area (Å²) in [5.74, 6) is -2.45. The van der Waals surface area contributed by atoms with E-state index in [0.29, 0.717) is 12.0 Å². The zero-order chi connectivity index (χ0) is 15.8. The number of fused-ring (bicyclic) bond motifs is 1. The minimum absolute atomic E-state index is 0.107. The second-order valence-corrected chi connectivity index (χ2v) is 5.78. The number of carboxylic acids is 2. The van der Waals surface area contributed by atoms with Gasteiger partial charge >= 0.3 is 11.9 Å². The molecule has 1 aromatic carbocycles. The Bertz CT molecular complexity index is 581. The van der Waals surface area contributed by atoms with E-state index in [1.165, 1.54) is 6.92 Å². The van der Waals surface area contributed by atoms with Gasteiger partial charge in [-0.1, -0.05) is 18.2 Å². The summed E-state index contributed by atoms with van der Waals surface area (Å²) < 4.78 is 0. The summed E-state index contributed by atoms with van der Waals surface area (Å²) in [6.07, 6.45) is -0.279. The number of aliphatic carboxylic acids is 2. The first kappa shape index (κ1) is 15.5. The number of rotatable bonds is 4. The van der Waals surface area contributed by atoms with Crippen molar-refractivity contribution in [1.82, 2.24) is 0 Å². The van der Waals surface area contributed by atoms with Crippen molar-refractivity contribution < 1.29 is 24.9 Å². The van der Waals surface area contributed by atoms with Crippen molar-refractivity contribution in [2.24, 2.45) is 11.7 Å². The van der Waals surface area contributed by atoms with Gasteiger partial charge < -0.3 is 21.1 Å². The van der Waals surface area contributed by atoms with Gasteiger partial charge in [0.2, 0.25) is 0 Å². The largest absolute Gasteiger partial charge is 0.481 e. The maximum atomic E-state index is 11.3. The van der Waals surface area contributed by atoms with Crippen molar-refractivity contribution in [2.45, 2.75) is 37.8 Å². The van der Waals surface area contributed by atoms with E-state index < -0.39 is 23.6 Å². The Morgan fingerprint density at radius 3 is 2.57 bits per heavy atom. The van der Waals surface area contributed by atoms with Crippen molar-refractivity contribution in [3.05, 3.63) is 34.9 Å². The van der Waals surface area contributed by atoms with Gasteiger partial charge in [-0.15, -0.1) is 0 Å². The molecule has 3 atom stereocenters. The quantitative estimate of drug-likeness (QED) is 0.641. The highest BCUT2D eigenvalue weighted by molar-refractivity contribution is 5.80. The molecule has 0 amide bonds. The van der Waals surface area contributed by atoms with Crippen LogP contribution in [-0.2, 0) is 28.0 Å². The first-order valence-electron chi connectivity index (χ1n) is 6.77. The summed E-state index contributed by atoms with van der Waals surface area (Å²) in [4.78, 5) is 22.2. The number of carboxylic acid groups (broad SMARTS) is 2. The van der Waals surface area contributed by atoms with Crippen molar-refractivity contribution in [2.75, 3.05) is 0 Å². The topological polar surface area (TPSA) is 121 Å². The zero-order valence-electron chi connectivity index (χ0n) is 11.7. The molecule has 0 spiro atoms. The van der Waals surface area contributed by atoms with Gasteiger partial charge in [0, 0.05) is 0 Å². The summed E-state index contributed by atoms with van der Waals surface area (Å²) in [5.41, 5.74) is 6.41. The summed E-state index contributed by atoms with van der Waals surface area (Å²) in [6, 6.07) is 5.20. The van der Waals surface area contributed by atoms with E-state index in [9.17, 15) is 19.8 Å². The Morgan fingerprint density at radius 2 is 2.00 bits per heavy atom. The molecule has 6 heteroatoms. The number of aliphatic hydroxyl groups excluding tert-OH is 1. The monoisotopic (exact) mass is 293 g/mol. The maximum absolute atomic E-state index is 11.3. The van der Waals surface area contributed by atoms with Crippen LogP contribution >= 0.6 is 0 Å². The lowest BCUT2D eigenvalue weighted by Crippen LogP contribution is -2.44. The third-order valence-corrected chi connectivity index (χ3v) is 4.15.